The second-order valence-electron chi connectivity index (χ2n) is 4.64. The lowest BCUT2D eigenvalue weighted by Gasteiger charge is -2.17. The maximum atomic E-state index is 6.22. The van der Waals surface area contributed by atoms with Crippen LogP contribution < -0.4 is 5.32 Å². The number of anilines is 1. The Morgan fingerprint density at radius 2 is 2.06 bits per heavy atom. The van der Waals surface area contributed by atoms with Crippen molar-refractivity contribution in [3.05, 3.63) is 46.2 Å². The van der Waals surface area contributed by atoms with Gasteiger partial charge in [-0.1, -0.05) is 23.7 Å². The fourth-order valence-corrected chi connectivity index (χ4v) is 2.43. The van der Waals surface area contributed by atoms with E-state index in [0.717, 1.165) is 22.0 Å². The molecule has 0 saturated heterocycles. The normalized spacial score (nSPS) is 12.5. The summed E-state index contributed by atoms with van der Waals surface area (Å²) in [6.07, 6.45) is 2.04. The Bertz CT molecular complexity index is 540. The lowest BCUT2D eigenvalue weighted by atomic mass is 10.1. The van der Waals surface area contributed by atoms with Gasteiger partial charge in [-0.05, 0) is 32.4 Å². The van der Waals surface area contributed by atoms with Gasteiger partial charge in [0.25, 0.3) is 0 Å². The number of benzene rings is 1. The van der Waals surface area contributed by atoms with Gasteiger partial charge in [-0.15, -0.1) is 0 Å². The second kappa shape index (κ2) is 5.02. The molecule has 0 spiro atoms. The third-order valence-electron chi connectivity index (χ3n) is 3.10. The van der Waals surface area contributed by atoms with Gasteiger partial charge in [-0.25, -0.2) is 0 Å². The summed E-state index contributed by atoms with van der Waals surface area (Å²) in [5, 5.41) is 8.58. The Kier molecular flexibility index (Phi) is 3.62. The summed E-state index contributed by atoms with van der Waals surface area (Å²) in [5.41, 5.74) is 4.38. The van der Waals surface area contributed by atoms with Crippen molar-refractivity contribution in [1.29, 1.82) is 0 Å². The SMILES string of the molecule is Cc1cccc(Cl)c1NC(C)c1cn(C)nc1C. The largest absolute Gasteiger partial charge is 0.377 e. The first-order valence-electron chi connectivity index (χ1n) is 6.01. The zero-order valence-electron chi connectivity index (χ0n) is 11.2. The van der Waals surface area contributed by atoms with Crippen LogP contribution in [0.1, 0.15) is 29.8 Å². The van der Waals surface area contributed by atoms with Crippen LogP contribution in [0.4, 0.5) is 5.69 Å². The Hall–Kier alpha value is -1.48. The summed E-state index contributed by atoms with van der Waals surface area (Å²) in [6.45, 7) is 6.19. The summed E-state index contributed by atoms with van der Waals surface area (Å²) in [6, 6.07) is 6.09. The van der Waals surface area contributed by atoms with Gasteiger partial charge in [-0.2, -0.15) is 5.10 Å². The van der Waals surface area contributed by atoms with Crippen LogP contribution in [0.15, 0.2) is 24.4 Å². The summed E-state index contributed by atoms with van der Waals surface area (Å²) in [4.78, 5) is 0. The number of nitrogens with one attached hydrogen (secondary N) is 1. The minimum absolute atomic E-state index is 0.178. The molecule has 0 aliphatic heterocycles. The van der Waals surface area contributed by atoms with Crippen molar-refractivity contribution in [2.75, 3.05) is 5.32 Å². The molecule has 0 saturated carbocycles. The van der Waals surface area contributed by atoms with E-state index in [1.165, 1.54) is 5.56 Å². The van der Waals surface area contributed by atoms with Gasteiger partial charge in [0, 0.05) is 18.8 Å². The van der Waals surface area contributed by atoms with Crippen LogP contribution in [0.25, 0.3) is 0 Å². The van der Waals surface area contributed by atoms with Gasteiger partial charge in [0.2, 0.25) is 0 Å². The van der Waals surface area contributed by atoms with E-state index in [1.807, 2.05) is 37.0 Å². The Morgan fingerprint density at radius 3 is 2.61 bits per heavy atom. The summed E-state index contributed by atoms with van der Waals surface area (Å²) >= 11 is 6.22. The number of aromatic nitrogens is 2. The second-order valence-corrected chi connectivity index (χ2v) is 5.05. The highest BCUT2D eigenvalue weighted by molar-refractivity contribution is 6.33. The molecule has 3 nitrogen and oxygen atoms in total. The molecule has 0 aliphatic carbocycles. The molecular formula is C14H18ClN3. The third-order valence-corrected chi connectivity index (χ3v) is 3.42. The first-order chi connectivity index (χ1) is 8.49. The van der Waals surface area contributed by atoms with Crippen molar-refractivity contribution in [1.82, 2.24) is 9.78 Å². The van der Waals surface area contributed by atoms with Crippen molar-refractivity contribution in [2.45, 2.75) is 26.8 Å². The van der Waals surface area contributed by atoms with Crippen LogP contribution in [-0.4, -0.2) is 9.78 Å². The highest BCUT2D eigenvalue weighted by atomic mass is 35.5. The topological polar surface area (TPSA) is 29.9 Å². The molecule has 1 atom stereocenters. The molecule has 1 aromatic carbocycles. The van der Waals surface area contributed by atoms with E-state index in [2.05, 4.69) is 30.3 Å². The van der Waals surface area contributed by atoms with Crippen LogP contribution >= 0.6 is 11.6 Å². The predicted molar refractivity (Wildman–Crippen MR) is 76.2 cm³/mol. The Labute approximate surface area is 113 Å². The molecule has 0 amide bonds. The van der Waals surface area contributed by atoms with E-state index in [4.69, 9.17) is 11.6 Å². The number of nitrogens with zero attached hydrogens (tertiary/aromatic N) is 2. The molecule has 1 heterocycles. The van der Waals surface area contributed by atoms with E-state index in [0.29, 0.717) is 0 Å². The van der Waals surface area contributed by atoms with Gasteiger partial charge in [0.05, 0.1) is 22.4 Å². The molecular weight excluding hydrogens is 246 g/mol. The van der Waals surface area contributed by atoms with Gasteiger partial charge in [0.1, 0.15) is 0 Å². The zero-order valence-corrected chi connectivity index (χ0v) is 11.9. The number of hydrogen-bond acceptors (Lipinski definition) is 2. The molecule has 2 rings (SSSR count). The predicted octanol–water partition coefficient (Wildman–Crippen LogP) is 3.86. The first-order valence-corrected chi connectivity index (χ1v) is 6.38. The zero-order chi connectivity index (χ0) is 13.3. The van der Waals surface area contributed by atoms with Crippen molar-refractivity contribution in [3.8, 4) is 0 Å². The van der Waals surface area contributed by atoms with Gasteiger partial charge in [-0.3, -0.25) is 4.68 Å². The van der Waals surface area contributed by atoms with Crippen molar-refractivity contribution in [2.24, 2.45) is 7.05 Å². The maximum Gasteiger partial charge on any atom is 0.0646 e. The smallest absolute Gasteiger partial charge is 0.0646 e. The summed E-state index contributed by atoms with van der Waals surface area (Å²) in [5.74, 6) is 0. The molecule has 18 heavy (non-hydrogen) atoms. The average molecular weight is 264 g/mol. The fourth-order valence-electron chi connectivity index (χ4n) is 2.15. The Balaban J connectivity index is 2.26. The first kappa shape index (κ1) is 13.0. The number of aryl methyl sites for hydroxylation is 3. The van der Waals surface area contributed by atoms with E-state index < -0.39 is 0 Å². The summed E-state index contributed by atoms with van der Waals surface area (Å²) in [7, 11) is 1.93. The van der Waals surface area contributed by atoms with E-state index in [-0.39, 0.29) is 6.04 Å². The van der Waals surface area contributed by atoms with Crippen molar-refractivity contribution < 1.29 is 0 Å². The van der Waals surface area contributed by atoms with Crippen molar-refractivity contribution >= 4 is 17.3 Å². The molecule has 1 aromatic heterocycles. The van der Waals surface area contributed by atoms with Crippen LogP contribution in [-0.2, 0) is 7.05 Å². The molecule has 0 bridgehead atoms. The van der Waals surface area contributed by atoms with E-state index >= 15 is 0 Å². The average Bonchev–Trinajstić information content (AvgIpc) is 2.63. The van der Waals surface area contributed by atoms with Crippen LogP contribution in [0.3, 0.4) is 0 Å². The van der Waals surface area contributed by atoms with E-state index in [9.17, 15) is 0 Å². The highest BCUT2D eigenvalue weighted by Gasteiger charge is 2.13. The maximum absolute atomic E-state index is 6.22. The summed E-state index contributed by atoms with van der Waals surface area (Å²) < 4.78 is 1.84. The fraction of sp³-hybridized carbons (Fsp3) is 0.357. The van der Waals surface area contributed by atoms with Crippen molar-refractivity contribution in [3.63, 3.8) is 0 Å². The molecule has 4 heteroatoms. The van der Waals surface area contributed by atoms with Gasteiger partial charge >= 0.3 is 0 Å². The number of halogens is 1. The minimum atomic E-state index is 0.178. The molecule has 1 unspecified atom stereocenters. The number of hydrogen-bond donors (Lipinski definition) is 1. The third kappa shape index (κ3) is 2.51. The molecule has 0 aliphatic rings. The van der Waals surface area contributed by atoms with Crippen LogP contribution in [0.5, 0.6) is 0 Å². The van der Waals surface area contributed by atoms with E-state index in [1.54, 1.807) is 0 Å². The monoisotopic (exact) mass is 263 g/mol. The number of rotatable bonds is 3. The molecule has 2 aromatic rings. The molecule has 0 radical (unpaired) electrons. The van der Waals surface area contributed by atoms with Crippen LogP contribution in [0, 0.1) is 13.8 Å². The van der Waals surface area contributed by atoms with Crippen LogP contribution in [0.2, 0.25) is 5.02 Å². The quantitative estimate of drug-likeness (QED) is 0.911. The minimum Gasteiger partial charge on any atom is -0.377 e. The highest BCUT2D eigenvalue weighted by Crippen LogP contribution is 2.29. The lowest BCUT2D eigenvalue weighted by Crippen LogP contribution is -2.08. The molecule has 0 fully saturated rings. The number of para-hydroxylation sites is 1. The molecule has 96 valence electrons. The lowest BCUT2D eigenvalue weighted by molar-refractivity contribution is 0.756. The van der Waals surface area contributed by atoms with Gasteiger partial charge in [0.15, 0.2) is 0 Å². The van der Waals surface area contributed by atoms with Gasteiger partial charge < -0.3 is 5.32 Å². The molecule has 1 N–H and O–H groups in total. The Morgan fingerprint density at radius 1 is 1.33 bits per heavy atom. The standard InChI is InChI=1S/C14H18ClN3/c1-9-6-5-7-13(15)14(9)16-10(2)12-8-18(4)17-11(12)3/h5-8,10,16H,1-4H3.